The van der Waals surface area contributed by atoms with Crippen LogP contribution in [0.1, 0.15) is 168 Å². The average Bonchev–Trinajstić information content (AvgIpc) is 4.01. The number of aromatic nitrogens is 4. The van der Waals surface area contributed by atoms with Crippen LogP contribution in [-0.2, 0) is 28.2 Å². The Balaban J connectivity index is 0.000000161. The van der Waals surface area contributed by atoms with Crippen LogP contribution in [0.15, 0.2) is 49.1 Å². The molecule has 8 aromatic rings. The maximum Gasteiger partial charge on any atom is 0.0518 e. The van der Waals surface area contributed by atoms with Gasteiger partial charge in [0, 0.05) is 74.5 Å². The van der Waals surface area contributed by atoms with Gasteiger partial charge >= 0.3 is 0 Å². The summed E-state index contributed by atoms with van der Waals surface area (Å²) in [7, 11) is 8.54. The lowest BCUT2D eigenvalue weighted by Gasteiger charge is -2.18. The second-order valence-corrected chi connectivity index (χ2v) is 20.5. The van der Waals surface area contributed by atoms with E-state index in [2.05, 4.69) is 234 Å². The van der Waals surface area contributed by atoms with E-state index in [1.165, 1.54) is 133 Å². The van der Waals surface area contributed by atoms with E-state index in [1.54, 1.807) is 0 Å². The van der Waals surface area contributed by atoms with Crippen molar-refractivity contribution in [1.29, 1.82) is 0 Å². The van der Waals surface area contributed by atoms with Crippen LogP contribution in [0, 0.1) is 83.1 Å². The molecule has 0 radical (unpaired) electrons. The van der Waals surface area contributed by atoms with Gasteiger partial charge < -0.3 is 18.3 Å². The SMILES string of the molecule is Cc1c(C(C)C)c(C)c2c(ccn2C)c1C.Cc1c(C(C)C)c(C)c2ccn(C)c2c1C.Cc1c(C)c(C(C)C)c2c(ccn2C)c1C.Cc1c(C)c(C)c2c(ccn2C)c1C(C)C. The summed E-state index contributed by atoms with van der Waals surface area (Å²) < 4.78 is 8.96. The molecule has 0 bridgehead atoms. The second-order valence-electron chi connectivity index (χ2n) is 20.5. The molecule has 0 N–H and O–H groups in total. The van der Waals surface area contributed by atoms with Gasteiger partial charge in [0.1, 0.15) is 0 Å². The fourth-order valence-electron chi connectivity index (χ4n) is 11.5. The normalized spacial score (nSPS) is 11.7. The first kappa shape index (κ1) is 50.0. The highest BCUT2D eigenvalue weighted by atomic mass is 14.9. The predicted octanol–water partition coefficient (Wildman–Crippen LogP) is 16.9. The lowest BCUT2D eigenvalue weighted by atomic mass is 9.88. The first-order chi connectivity index (χ1) is 29.8. The van der Waals surface area contributed by atoms with Gasteiger partial charge in [-0.2, -0.15) is 0 Å². The van der Waals surface area contributed by atoms with Gasteiger partial charge in [-0.3, -0.25) is 0 Å². The Hall–Kier alpha value is -4.96. The van der Waals surface area contributed by atoms with Gasteiger partial charge in [0.2, 0.25) is 0 Å². The summed E-state index contributed by atoms with van der Waals surface area (Å²) in [6, 6.07) is 8.96. The lowest BCUT2D eigenvalue weighted by molar-refractivity contribution is 0.842. The number of nitrogens with zero attached hydrogens (tertiary/aromatic N) is 4. The third-order valence-electron chi connectivity index (χ3n) is 15.2. The first-order valence-corrected chi connectivity index (χ1v) is 24.0. The highest BCUT2D eigenvalue weighted by Gasteiger charge is 2.19. The van der Waals surface area contributed by atoms with Gasteiger partial charge in [0.05, 0.1) is 22.1 Å². The minimum absolute atomic E-state index is 0.579. The third-order valence-corrected chi connectivity index (χ3v) is 15.2. The first-order valence-electron chi connectivity index (χ1n) is 24.0. The van der Waals surface area contributed by atoms with Gasteiger partial charge in [-0.25, -0.2) is 0 Å². The van der Waals surface area contributed by atoms with Crippen LogP contribution in [0.4, 0.5) is 0 Å². The number of benzene rings is 4. The maximum atomic E-state index is 2.28. The summed E-state index contributed by atoms with van der Waals surface area (Å²) in [5, 5.41) is 5.66. The number of rotatable bonds is 4. The Kier molecular flexibility index (Phi) is 15.1. The van der Waals surface area contributed by atoms with Crippen LogP contribution in [0.5, 0.6) is 0 Å². The fourth-order valence-corrected chi connectivity index (χ4v) is 11.5. The highest BCUT2D eigenvalue weighted by Crippen LogP contribution is 2.38. The van der Waals surface area contributed by atoms with Crippen LogP contribution in [-0.4, -0.2) is 18.3 Å². The number of hydrogen-bond donors (Lipinski definition) is 0. The molecule has 8 rings (SSSR count). The molecule has 4 heteroatoms. The number of fused-ring (bicyclic) bond motifs is 4. The molecule has 0 aliphatic carbocycles. The Morgan fingerprint density at radius 2 is 0.516 bits per heavy atom. The standard InChI is InChI=1S/4C15H21N/c1-9(2)14-10(3)11(4)15-13(12(14)5)7-8-16(15)6;1-9(2)14-11(4)10(3)13-7-8-16(6)15(13)12(14)5;1-9(2)14-11(4)10(3)12(5)15-13(14)7-8-16(15)6;1-9(2)14-12(5)10(3)11(4)13-7-8-16(6)15(13)14/h4*7-9H,1-6H3. The zero-order valence-corrected chi connectivity index (χ0v) is 44.7. The molecule has 0 unspecified atom stereocenters. The largest absolute Gasteiger partial charge is 0.350 e. The molecular formula is C60H84N4. The molecule has 4 nitrogen and oxygen atoms in total. The summed E-state index contributed by atoms with van der Waals surface area (Å²) in [5.41, 5.74) is 29.0. The van der Waals surface area contributed by atoms with Crippen molar-refractivity contribution in [3.8, 4) is 0 Å². The zero-order chi connectivity index (χ0) is 48.1. The molecule has 4 aromatic heterocycles. The van der Waals surface area contributed by atoms with Crippen molar-refractivity contribution in [2.24, 2.45) is 28.2 Å². The van der Waals surface area contributed by atoms with Crippen LogP contribution < -0.4 is 0 Å². The third kappa shape index (κ3) is 8.76. The van der Waals surface area contributed by atoms with Crippen LogP contribution in [0.25, 0.3) is 43.6 Å². The van der Waals surface area contributed by atoms with E-state index in [9.17, 15) is 0 Å². The van der Waals surface area contributed by atoms with Gasteiger partial charge in [-0.1, -0.05) is 55.4 Å². The van der Waals surface area contributed by atoms with E-state index in [1.807, 2.05) is 0 Å². The molecule has 0 amide bonds. The summed E-state index contributed by atoms with van der Waals surface area (Å²) in [6.07, 6.45) is 8.66. The van der Waals surface area contributed by atoms with Gasteiger partial charge in [-0.15, -0.1) is 0 Å². The second kappa shape index (κ2) is 19.3. The van der Waals surface area contributed by atoms with Crippen molar-refractivity contribution in [1.82, 2.24) is 18.3 Å². The molecule has 0 atom stereocenters. The van der Waals surface area contributed by atoms with Crippen LogP contribution in [0.2, 0.25) is 0 Å². The van der Waals surface area contributed by atoms with Crippen LogP contribution in [0.3, 0.4) is 0 Å². The van der Waals surface area contributed by atoms with Crippen molar-refractivity contribution < 1.29 is 0 Å². The van der Waals surface area contributed by atoms with E-state index in [0.717, 1.165) is 0 Å². The van der Waals surface area contributed by atoms with E-state index < -0.39 is 0 Å². The fraction of sp³-hybridized carbons (Fsp3) is 0.467. The van der Waals surface area contributed by atoms with Gasteiger partial charge in [-0.05, 0) is 220 Å². The van der Waals surface area contributed by atoms with E-state index in [-0.39, 0.29) is 0 Å². The predicted molar refractivity (Wildman–Crippen MR) is 285 cm³/mol. The zero-order valence-electron chi connectivity index (χ0n) is 44.7. The Labute approximate surface area is 388 Å². The van der Waals surface area contributed by atoms with Crippen molar-refractivity contribution in [3.05, 3.63) is 138 Å². The summed E-state index contributed by atoms with van der Waals surface area (Å²) in [5.74, 6) is 2.36. The van der Waals surface area contributed by atoms with Gasteiger partial charge in [0.15, 0.2) is 0 Å². The van der Waals surface area contributed by atoms with E-state index in [4.69, 9.17) is 0 Å². The quantitative estimate of drug-likeness (QED) is 0.168. The highest BCUT2D eigenvalue weighted by molar-refractivity contribution is 5.92. The number of hydrogen-bond acceptors (Lipinski definition) is 0. The Bertz CT molecular complexity index is 2990. The Morgan fingerprint density at radius 3 is 0.969 bits per heavy atom. The van der Waals surface area contributed by atoms with Crippen molar-refractivity contribution in [3.63, 3.8) is 0 Å². The molecule has 0 spiro atoms. The lowest BCUT2D eigenvalue weighted by Crippen LogP contribution is -2.01. The van der Waals surface area contributed by atoms with Crippen LogP contribution >= 0.6 is 0 Å². The summed E-state index contributed by atoms with van der Waals surface area (Å²) in [6.45, 7) is 45.2. The molecule has 344 valence electrons. The van der Waals surface area contributed by atoms with Crippen molar-refractivity contribution >= 4 is 43.6 Å². The maximum absolute atomic E-state index is 2.28. The van der Waals surface area contributed by atoms with E-state index in [0.29, 0.717) is 23.7 Å². The minimum atomic E-state index is 0.579. The van der Waals surface area contributed by atoms with Crippen molar-refractivity contribution in [2.75, 3.05) is 0 Å². The Morgan fingerprint density at radius 1 is 0.250 bits per heavy atom. The molecule has 0 aliphatic heterocycles. The van der Waals surface area contributed by atoms with Gasteiger partial charge in [0.25, 0.3) is 0 Å². The van der Waals surface area contributed by atoms with Crippen molar-refractivity contribution in [2.45, 2.75) is 162 Å². The average molecular weight is 861 g/mol. The topological polar surface area (TPSA) is 19.7 Å². The molecule has 0 saturated carbocycles. The molecule has 64 heavy (non-hydrogen) atoms. The molecular weight excluding hydrogens is 777 g/mol. The molecule has 4 heterocycles. The smallest absolute Gasteiger partial charge is 0.0518 e. The van der Waals surface area contributed by atoms with E-state index >= 15 is 0 Å². The molecule has 0 saturated heterocycles. The monoisotopic (exact) mass is 861 g/mol. The summed E-state index contributed by atoms with van der Waals surface area (Å²) in [4.78, 5) is 0. The molecule has 4 aromatic carbocycles. The summed E-state index contributed by atoms with van der Waals surface area (Å²) >= 11 is 0. The minimum Gasteiger partial charge on any atom is -0.350 e. The number of aryl methyl sites for hydroxylation is 10. The molecule has 0 aliphatic rings. The molecule has 0 fully saturated rings.